The zero-order valence-electron chi connectivity index (χ0n) is 17.9. The van der Waals surface area contributed by atoms with Crippen LogP contribution in [0, 0.1) is 5.82 Å². The highest BCUT2D eigenvalue weighted by Crippen LogP contribution is 2.51. The number of nitrogens with zero attached hydrogens (tertiary/aromatic N) is 1. The number of fused-ring (bicyclic) bond motifs is 1. The normalized spacial score (nSPS) is 17.5. The predicted molar refractivity (Wildman–Crippen MR) is 120 cm³/mol. The van der Waals surface area contributed by atoms with Gasteiger partial charge in [0, 0.05) is 5.56 Å². The summed E-state index contributed by atoms with van der Waals surface area (Å²) in [6.45, 7) is 3.53. The summed E-state index contributed by atoms with van der Waals surface area (Å²) in [6.07, 6.45) is 3.79. The Morgan fingerprint density at radius 3 is 2.59 bits per heavy atom. The Hall–Kier alpha value is -2.94. The molecule has 2 heterocycles. The quantitative estimate of drug-likeness (QED) is 0.545. The van der Waals surface area contributed by atoms with E-state index in [0.29, 0.717) is 16.9 Å². The van der Waals surface area contributed by atoms with E-state index in [2.05, 4.69) is 9.71 Å². The third-order valence-corrected chi connectivity index (χ3v) is 7.76. The summed E-state index contributed by atoms with van der Waals surface area (Å²) in [4.78, 5) is 16.8. The number of sulfonamides is 1. The van der Waals surface area contributed by atoms with Gasteiger partial charge in [-0.3, -0.25) is 9.52 Å². The Morgan fingerprint density at radius 2 is 2.03 bits per heavy atom. The van der Waals surface area contributed by atoms with Crippen molar-refractivity contribution in [2.75, 3.05) is 10.5 Å². The number of anilines is 1. The number of amides is 1. The van der Waals surface area contributed by atoms with Gasteiger partial charge < -0.3 is 10.2 Å². The zero-order chi connectivity index (χ0) is 22.8. The SMILES string of the molecule is CCS(=O)(=O)Nc1nc2oc(-c3ccc(C4CC4)cc3F)c(C(N)=O)c2cc1C1(C)CC1. The lowest BCUT2D eigenvalue weighted by Gasteiger charge is -2.15. The second-order valence-corrected chi connectivity index (χ2v) is 11.0. The van der Waals surface area contributed by atoms with E-state index in [9.17, 15) is 17.6 Å². The molecule has 3 aromatic rings. The average Bonchev–Trinajstić information content (AvgIpc) is 3.66. The molecule has 2 fully saturated rings. The molecule has 32 heavy (non-hydrogen) atoms. The number of aromatic nitrogens is 1. The fourth-order valence-corrected chi connectivity index (χ4v) is 4.65. The van der Waals surface area contributed by atoms with Crippen LogP contribution in [0.1, 0.15) is 66.9 Å². The topological polar surface area (TPSA) is 115 Å². The number of furan rings is 1. The Bertz CT molecular complexity index is 1370. The van der Waals surface area contributed by atoms with Crippen LogP contribution in [-0.4, -0.2) is 25.1 Å². The molecular formula is C23H24FN3O4S. The monoisotopic (exact) mass is 457 g/mol. The lowest BCUT2D eigenvalue weighted by molar-refractivity contribution is 0.100. The number of carbonyl (C=O) groups is 1. The van der Waals surface area contributed by atoms with Crippen LogP contribution in [0.4, 0.5) is 10.2 Å². The molecule has 9 heteroatoms. The molecule has 2 saturated carbocycles. The van der Waals surface area contributed by atoms with Crippen molar-refractivity contribution >= 4 is 32.8 Å². The number of primary amides is 1. The van der Waals surface area contributed by atoms with Gasteiger partial charge in [0.15, 0.2) is 5.76 Å². The van der Waals surface area contributed by atoms with E-state index in [1.165, 1.54) is 13.0 Å². The summed E-state index contributed by atoms with van der Waals surface area (Å²) in [5.74, 6) is -0.834. The summed E-state index contributed by atoms with van der Waals surface area (Å²) in [6, 6.07) is 6.60. The average molecular weight is 458 g/mol. The van der Waals surface area contributed by atoms with E-state index in [0.717, 1.165) is 31.2 Å². The largest absolute Gasteiger partial charge is 0.437 e. The van der Waals surface area contributed by atoms with Crippen molar-refractivity contribution in [1.82, 2.24) is 4.98 Å². The first kappa shape index (κ1) is 20.9. The second kappa shape index (κ2) is 7.03. The molecular weight excluding hydrogens is 433 g/mol. The highest BCUT2D eigenvalue weighted by Gasteiger charge is 2.42. The van der Waals surface area contributed by atoms with Crippen LogP contribution in [0.3, 0.4) is 0 Å². The Labute approximate surface area is 185 Å². The van der Waals surface area contributed by atoms with Crippen molar-refractivity contribution in [1.29, 1.82) is 0 Å². The van der Waals surface area contributed by atoms with Gasteiger partial charge in [0.25, 0.3) is 5.91 Å². The van der Waals surface area contributed by atoms with Gasteiger partial charge in [-0.2, -0.15) is 4.98 Å². The first-order chi connectivity index (χ1) is 15.1. The van der Waals surface area contributed by atoms with Crippen molar-refractivity contribution in [3.05, 3.63) is 46.8 Å². The van der Waals surface area contributed by atoms with Crippen LogP contribution >= 0.6 is 0 Å². The van der Waals surface area contributed by atoms with Crippen LogP contribution in [0.2, 0.25) is 0 Å². The maximum Gasteiger partial charge on any atom is 0.253 e. The fraction of sp³-hybridized carbons (Fsp3) is 0.391. The number of nitrogens with one attached hydrogen (secondary N) is 1. The van der Waals surface area contributed by atoms with Gasteiger partial charge in [0.1, 0.15) is 11.6 Å². The molecule has 0 saturated heterocycles. The highest BCUT2D eigenvalue weighted by atomic mass is 32.2. The molecule has 0 aliphatic heterocycles. The molecule has 2 aliphatic carbocycles. The van der Waals surface area contributed by atoms with E-state index in [1.807, 2.05) is 13.0 Å². The summed E-state index contributed by atoms with van der Waals surface area (Å²) >= 11 is 0. The zero-order valence-corrected chi connectivity index (χ0v) is 18.7. The van der Waals surface area contributed by atoms with Gasteiger partial charge in [0.2, 0.25) is 15.7 Å². The first-order valence-corrected chi connectivity index (χ1v) is 12.4. The maximum atomic E-state index is 15.0. The minimum Gasteiger partial charge on any atom is -0.437 e. The van der Waals surface area contributed by atoms with Crippen LogP contribution < -0.4 is 10.5 Å². The van der Waals surface area contributed by atoms with Crippen LogP contribution in [0.15, 0.2) is 28.7 Å². The molecule has 0 unspecified atom stereocenters. The van der Waals surface area contributed by atoms with Crippen LogP contribution in [0.5, 0.6) is 0 Å². The summed E-state index contributed by atoms with van der Waals surface area (Å²) in [5, 5.41) is 0.348. The van der Waals surface area contributed by atoms with E-state index in [1.54, 1.807) is 12.1 Å². The first-order valence-electron chi connectivity index (χ1n) is 10.7. The number of pyridine rings is 1. The molecule has 0 atom stereocenters. The highest BCUT2D eigenvalue weighted by molar-refractivity contribution is 7.92. The molecule has 0 bridgehead atoms. The second-order valence-electron chi connectivity index (χ2n) is 8.99. The standard InChI is InChI=1S/C23H24FN3O4S/c1-3-32(29,30)27-21-16(23(2)8-9-23)11-15-18(20(25)28)19(31-22(15)26-21)14-7-6-13(10-17(14)24)12-4-5-12/h6-7,10-12H,3-5,8-9H2,1-2H3,(H2,25,28)(H,26,27). The van der Waals surface area contributed by atoms with Crippen molar-refractivity contribution in [2.24, 2.45) is 5.73 Å². The molecule has 2 aromatic heterocycles. The number of halogens is 1. The number of benzene rings is 1. The van der Waals surface area contributed by atoms with Gasteiger partial charge in [-0.25, -0.2) is 12.8 Å². The molecule has 1 aromatic carbocycles. The molecule has 2 aliphatic rings. The summed E-state index contributed by atoms with van der Waals surface area (Å²) in [7, 11) is -3.59. The van der Waals surface area contributed by atoms with Gasteiger partial charge >= 0.3 is 0 Å². The van der Waals surface area contributed by atoms with Crippen LogP contribution in [-0.2, 0) is 15.4 Å². The molecule has 3 N–H and O–H groups in total. The summed E-state index contributed by atoms with van der Waals surface area (Å²) < 4.78 is 47.8. The van der Waals surface area contributed by atoms with Gasteiger partial charge in [-0.05, 0) is 67.7 Å². The van der Waals surface area contributed by atoms with Gasteiger partial charge in [-0.1, -0.05) is 13.0 Å². The number of hydrogen-bond donors (Lipinski definition) is 2. The lowest BCUT2D eigenvalue weighted by Crippen LogP contribution is -2.19. The third kappa shape index (κ3) is 3.54. The van der Waals surface area contributed by atoms with Gasteiger partial charge in [0.05, 0.1) is 22.3 Å². The Kier molecular flexibility index (Phi) is 4.60. The van der Waals surface area contributed by atoms with Crippen molar-refractivity contribution in [3.8, 4) is 11.3 Å². The summed E-state index contributed by atoms with van der Waals surface area (Å²) in [5.41, 5.74) is 7.19. The van der Waals surface area contributed by atoms with Crippen molar-refractivity contribution < 1.29 is 22.0 Å². The molecule has 0 spiro atoms. The van der Waals surface area contributed by atoms with E-state index in [4.69, 9.17) is 10.2 Å². The fourth-order valence-electron chi connectivity index (χ4n) is 4.06. The molecule has 168 valence electrons. The Balaban J connectivity index is 1.72. The van der Waals surface area contributed by atoms with Gasteiger partial charge in [-0.15, -0.1) is 0 Å². The number of hydrogen-bond acceptors (Lipinski definition) is 5. The van der Waals surface area contributed by atoms with Crippen molar-refractivity contribution in [3.63, 3.8) is 0 Å². The van der Waals surface area contributed by atoms with E-state index >= 15 is 0 Å². The van der Waals surface area contributed by atoms with Crippen molar-refractivity contribution in [2.45, 2.75) is 50.9 Å². The third-order valence-electron chi connectivity index (χ3n) is 6.50. The molecule has 1 amide bonds. The minimum atomic E-state index is -3.59. The number of carbonyl (C=O) groups excluding carboxylic acids is 1. The maximum absolute atomic E-state index is 15.0. The van der Waals surface area contributed by atoms with E-state index in [-0.39, 0.29) is 39.6 Å². The van der Waals surface area contributed by atoms with Crippen LogP contribution in [0.25, 0.3) is 22.4 Å². The Morgan fingerprint density at radius 1 is 1.31 bits per heavy atom. The smallest absolute Gasteiger partial charge is 0.253 e. The molecule has 0 radical (unpaired) electrons. The van der Waals surface area contributed by atoms with E-state index < -0.39 is 21.7 Å². The lowest BCUT2D eigenvalue weighted by atomic mass is 9.96. The number of rotatable bonds is 7. The number of nitrogens with two attached hydrogens (primary N) is 1. The minimum absolute atomic E-state index is 0.00208. The molecule has 7 nitrogen and oxygen atoms in total. The predicted octanol–water partition coefficient (Wildman–Crippen LogP) is 4.42. The molecule has 5 rings (SSSR count).